The van der Waals surface area contributed by atoms with Crippen molar-refractivity contribution in [2.45, 2.75) is 243 Å². The van der Waals surface area contributed by atoms with Crippen molar-refractivity contribution in [3.63, 3.8) is 0 Å². The van der Waals surface area contributed by atoms with Crippen LogP contribution in [0.2, 0.25) is 0 Å². The molecular weight excluding hydrogens is 813 g/mol. The summed E-state index contributed by atoms with van der Waals surface area (Å²) in [5.41, 5.74) is 6.38. The molecule has 62 heavy (non-hydrogen) atoms. The molecule has 342 valence electrons. The van der Waals surface area contributed by atoms with Gasteiger partial charge >= 0.3 is 0 Å². The molecule has 4 atom stereocenters. The van der Waals surface area contributed by atoms with Gasteiger partial charge in [0.2, 0.25) is 0 Å². The molecule has 24 aliphatic carbocycles. The van der Waals surface area contributed by atoms with Crippen molar-refractivity contribution >= 4 is 15.9 Å². The van der Waals surface area contributed by atoms with Gasteiger partial charge in [0.1, 0.15) is 0 Å². The van der Waals surface area contributed by atoms with Crippen LogP contribution in [-0.2, 0) is 0 Å². The quantitative estimate of drug-likeness (QED) is 0.247. The van der Waals surface area contributed by atoms with Crippen LogP contribution in [0.3, 0.4) is 0 Å². The molecule has 24 bridgehead atoms. The van der Waals surface area contributed by atoms with Gasteiger partial charge in [-0.25, -0.2) is 0 Å². The van der Waals surface area contributed by atoms with Gasteiger partial charge in [-0.3, -0.25) is 0 Å². The van der Waals surface area contributed by atoms with Gasteiger partial charge in [0.25, 0.3) is 0 Å². The van der Waals surface area contributed by atoms with Gasteiger partial charge in [-0.2, -0.15) is 0 Å². The molecule has 0 aromatic heterocycles. The normalized spacial score (nSPS) is 68.0. The summed E-state index contributed by atoms with van der Waals surface area (Å²) in [6, 6.07) is 0. The predicted octanol–water partition coefficient (Wildman–Crippen LogP) is 17.2. The topological polar surface area (TPSA) is 0 Å². The largest absolute Gasteiger partial charge is 0.0853 e. The molecule has 24 fully saturated rings. The molecule has 24 aliphatic rings. The summed E-state index contributed by atoms with van der Waals surface area (Å²) < 4.78 is 0.550. The van der Waals surface area contributed by atoms with E-state index in [1.165, 1.54) is 12.8 Å². The third-order valence-electron chi connectivity index (χ3n) is 28.7. The summed E-state index contributed by atoms with van der Waals surface area (Å²) >= 11 is 4.42. The molecule has 0 spiro atoms. The third-order valence-corrected chi connectivity index (χ3v) is 29.7. The van der Waals surface area contributed by atoms with E-state index >= 15 is 0 Å². The first-order valence-electron chi connectivity index (χ1n) is 29.1. The fourth-order valence-electron chi connectivity index (χ4n) is 30.1. The van der Waals surface area contributed by atoms with E-state index in [0.29, 0.717) is 4.32 Å². The minimum absolute atomic E-state index is 0. The molecule has 0 aromatic rings. The van der Waals surface area contributed by atoms with Crippen LogP contribution < -0.4 is 0 Å². The van der Waals surface area contributed by atoms with Crippen molar-refractivity contribution < 1.29 is 0 Å². The first-order chi connectivity index (χ1) is 29.4. The molecule has 0 saturated heterocycles. The zero-order valence-corrected chi connectivity index (χ0v) is 40.6. The monoisotopic (exact) mass is 903 g/mol. The molecule has 0 heterocycles. The van der Waals surface area contributed by atoms with Crippen molar-refractivity contribution in [1.82, 2.24) is 0 Å². The van der Waals surface area contributed by atoms with E-state index < -0.39 is 0 Å². The highest BCUT2D eigenvalue weighted by Crippen LogP contribution is 2.85. The van der Waals surface area contributed by atoms with Gasteiger partial charge in [-0.15, -0.1) is 0 Å². The SMILES string of the molecule is BrC12CC3CC(C1)CC(C14CC5CC(CC(C67CC8CC(CC(C8)C6)C7)(C5)C1)C4)(C3)C2.C.C1C2CC3CC1CC(C14CC5CC(C1)CC(C16CC7CC(CC(C7)C1)C6)(C5)C4)(C2)C3. The first-order valence-corrected chi connectivity index (χ1v) is 29.9. The summed E-state index contributed by atoms with van der Waals surface area (Å²) in [7, 11) is 0. The maximum absolute atomic E-state index is 4.42. The molecule has 24 saturated carbocycles. The minimum atomic E-state index is 0. The highest BCUT2D eigenvalue weighted by atomic mass is 79.9. The average Bonchev–Trinajstić information content (AvgIpc) is 3.15. The van der Waals surface area contributed by atoms with E-state index in [1.54, 1.807) is 218 Å². The van der Waals surface area contributed by atoms with E-state index in [4.69, 9.17) is 0 Å². The summed E-state index contributed by atoms with van der Waals surface area (Å²) in [5, 5.41) is 0. The molecule has 0 radical (unpaired) electrons. The molecule has 24 rings (SSSR count). The van der Waals surface area contributed by atoms with Crippen molar-refractivity contribution in [2.24, 2.45) is 132 Å². The summed E-state index contributed by atoms with van der Waals surface area (Å²) in [5.74, 6) is 17.0. The van der Waals surface area contributed by atoms with Gasteiger partial charge in [-0.1, -0.05) is 23.4 Å². The Morgan fingerprint density at radius 2 is 0.355 bits per heavy atom. The Morgan fingerprint density at radius 3 is 0.581 bits per heavy atom. The lowest BCUT2D eigenvalue weighted by atomic mass is 9.28. The minimum Gasteiger partial charge on any atom is -0.0853 e. The molecule has 0 aromatic carbocycles. The Morgan fingerprint density at radius 1 is 0.194 bits per heavy atom. The third kappa shape index (κ3) is 4.97. The number of rotatable bonds is 4. The maximum Gasteiger partial charge on any atom is 0.0268 e. The lowest BCUT2D eigenvalue weighted by Crippen LogP contribution is -2.68. The summed E-state index contributed by atoms with van der Waals surface area (Å²) in [6.45, 7) is 0. The molecule has 0 nitrogen and oxygen atoms in total. The van der Waals surface area contributed by atoms with Gasteiger partial charge in [0.05, 0.1) is 0 Å². The highest BCUT2D eigenvalue weighted by Gasteiger charge is 2.75. The Labute approximate surface area is 388 Å². The van der Waals surface area contributed by atoms with Gasteiger partial charge in [0.15, 0.2) is 0 Å². The second kappa shape index (κ2) is 12.3. The summed E-state index contributed by atoms with van der Waals surface area (Å²) in [6.07, 6.45) is 59.6. The van der Waals surface area contributed by atoms with Gasteiger partial charge in [0, 0.05) is 4.32 Å². The number of halogens is 1. The lowest BCUT2D eigenvalue weighted by molar-refractivity contribution is -0.267. The fraction of sp³-hybridized carbons (Fsp3) is 1.00. The van der Waals surface area contributed by atoms with Crippen LogP contribution in [0.25, 0.3) is 0 Å². The Bertz CT molecular complexity index is 1680. The fourth-order valence-corrected chi connectivity index (χ4v) is 31.5. The Kier molecular flexibility index (Phi) is 7.77. The zero-order chi connectivity index (χ0) is 39.6. The van der Waals surface area contributed by atoms with E-state index in [-0.39, 0.29) is 7.43 Å². The molecule has 4 unspecified atom stereocenters. The zero-order valence-electron chi connectivity index (χ0n) is 39.0. The van der Waals surface area contributed by atoms with Crippen LogP contribution in [-0.4, -0.2) is 4.32 Å². The average molecular weight is 904 g/mol. The molecule has 1 heteroatoms. The first kappa shape index (κ1) is 39.3. The standard InChI is InChI=1S/C30H43Br.C30H44.CH4/c31-30-15-24-5-25(16-30)14-29(13-24,18-30)28-11-22-4-23(12-28)10-27(9-22,17-28)26-6-19-1-20(7-26)3-21(2-19)8-26;1-19-2-21-3-20(1)9-27(8-19,10-21)29-14-25-7-26(15-29)17-30(16-25,18-29)28-11-22-4-23(12-28)6-24(5-22)13-28;/h19-25H,1-18H2;19-26H,1-18H2;1H4. The smallest absolute Gasteiger partial charge is 0.0268 e. The van der Waals surface area contributed by atoms with Crippen molar-refractivity contribution in [3.8, 4) is 0 Å². The number of hydrogen-bond acceptors (Lipinski definition) is 0. The Balaban J connectivity index is 0.000000111. The predicted molar refractivity (Wildman–Crippen MR) is 256 cm³/mol. The second-order valence-corrected chi connectivity index (χ2v) is 33.7. The Hall–Kier alpha value is 0.480. The van der Waals surface area contributed by atoms with Gasteiger partial charge in [-0.05, 0) is 363 Å². The van der Waals surface area contributed by atoms with Crippen LogP contribution >= 0.6 is 15.9 Å². The maximum atomic E-state index is 4.42. The number of hydrogen-bond donors (Lipinski definition) is 0. The second-order valence-electron chi connectivity index (χ2n) is 32.0. The number of alkyl halides is 1. The molecule has 0 aliphatic heterocycles. The van der Waals surface area contributed by atoms with E-state index in [9.17, 15) is 0 Å². The van der Waals surface area contributed by atoms with Crippen molar-refractivity contribution in [2.75, 3.05) is 0 Å². The van der Waals surface area contributed by atoms with Crippen molar-refractivity contribution in [1.29, 1.82) is 0 Å². The van der Waals surface area contributed by atoms with E-state index in [1.807, 2.05) is 0 Å². The van der Waals surface area contributed by atoms with Crippen molar-refractivity contribution in [3.05, 3.63) is 0 Å². The molecule has 0 N–H and O–H groups in total. The van der Waals surface area contributed by atoms with Crippen LogP contribution in [0.1, 0.15) is 239 Å². The lowest BCUT2D eigenvalue weighted by Gasteiger charge is -2.77. The summed E-state index contributed by atoms with van der Waals surface area (Å²) in [4.78, 5) is 0. The molecular formula is C61H91Br. The van der Waals surface area contributed by atoms with Crippen LogP contribution in [0.4, 0.5) is 0 Å². The van der Waals surface area contributed by atoms with Gasteiger partial charge < -0.3 is 0 Å². The van der Waals surface area contributed by atoms with E-state index in [2.05, 4.69) is 15.9 Å². The van der Waals surface area contributed by atoms with Crippen LogP contribution in [0, 0.1) is 132 Å². The van der Waals surface area contributed by atoms with Crippen LogP contribution in [0.5, 0.6) is 0 Å². The molecule has 0 amide bonds. The highest BCUT2D eigenvalue weighted by molar-refractivity contribution is 9.10. The van der Waals surface area contributed by atoms with Crippen LogP contribution in [0.15, 0.2) is 0 Å². The van der Waals surface area contributed by atoms with E-state index in [0.717, 1.165) is 132 Å².